The molecule has 1 aliphatic heterocycles. The summed E-state index contributed by atoms with van der Waals surface area (Å²) in [5.74, 6) is -2.84. The lowest BCUT2D eigenvalue weighted by molar-refractivity contribution is 0.0533. The monoisotopic (exact) mass is 486 g/mol. The molecule has 3 heterocycles. The fraction of sp³-hybridized carbons (Fsp3) is 0.304. The summed E-state index contributed by atoms with van der Waals surface area (Å²) in [5, 5.41) is 11.7. The molecule has 2 aromatic heterocycles. The largest absolute Gasteiger partial charge is 0.424 e. The molecule has 1 N–H and O–H groups in total. The number of fused-ring (bicyclic) bond motifs is 1. The molecule has 5 rings (SSSR count). The van der Waals surface area contributed by atoms with Gasteiger partial charge < -0.3 is 14.6 Å². The molecule has 34 heavy (non-hydrogen) atoms. The van der Waals surface area contributed by atoms with Crippen molar-refractivity contribution >= 4 is 34.6 Å². The van der Waals surface area contributed by atoms with E-state index < -0.39 is 23.1 Å². The number of rotatable bonds is 5. The first-order valence-electron chi connectivity index (χ1n) is 10.9. The van der Waals surface area contributed by atoms with Gasteiger partial charge >= 0.3 is 0 Å². The minimum Gasteiger partial charge on any atom is -0.424 e. The number of nitrogens with one attached hydrogen (secondary N) is 1. The molecule has 0 saturated carbocycles. The number of anilines is 1. The third-order valence-corrected chi connectivity index (χ3v) is 6.34. The van der Waals surface area contributed by atoms with E-state index in [1.165, 1.54) is 18.5 Å². The zero-order valence-corrected chi connectivity index (χ0v) is 19.0. The van der Waals surface area contributed by atoms with Gasteiger partial charge in [0.15, 0.2) is 17.2 Å². The van der Waals surface area contributed by atoms with Gasteiger partial charge in [0.2, 0.25) is 0 Å². The van der Waals surface area contributed by atoms with Crippen LogP contribution in [-0.4, -0.2) is 49.9 Å². The van der Waals surface area contributed by atoms with Gasteiger partial charge in [0.1, 0.15) is 16.8 Å². The number of amides is 1. The fourth-order valence-electron chi connectivity index (χ4n) is 4.37. The van der Waals surface area contributed by atoms with Crippen LogP contribution in [-0.2, 0) is 0 Å². The number of halogens is 3. The second-order valence-electron chi connectivity index (χ2n) is 8.27. The molecule has 2 aromatic carbocycles. The molecule has 1 aliphatic rings. The summed E-state index contributed by atoms with van der Waals surface area (Å²) < 4.78 is 34.8. The van der Waals surface area contributed by atoms with Gasteiger partial charge in [0.25, 0.3) is 11.9 Å². The highest BCUT2D eigenvalue weighted by molar-refractivity contribution is 6.31. The summed E-state index contributed by atoms with van der Waals surface area (Å²) in [7, 11) is 0. The lowest BCUT2D eigenvalue weighted by atomic mass is 9.90. The van der Waals surface area contributed by atoms with Crippen LogP contribution >= 0.6 is 11.6 Å². The number of carbonyl (C=O) groups is 1. The molecule has 1 fully saturated rings. The van der Waals surface area contributed by atoms with Crippen LogP contribution in [0.25, 0.3) is 16.8 Å². The van der Waals surface area contributed by atoms with E-state index in [0.29, 0.717) is 35.2 Å². The molecule has 0 bridgehead atoms. The van der Waals surface area contributed by atoms with Crippen LogP contribution in [0.3, 0.4) is 0 Å². The average molecular weight is 487 g/mol. The minimum absolute atomic E-state index is 0.0784. The first-order chi connectivity index (χ1) is 16.4. The summed E-state index contributed by atoms with van der Waals surface area (Å²) in [4.78, 5) is 20.7. The minimum atomic E-state index is -1.22. The van der Waals surface area contributed by atoms with E-state index in [2.05, 4.69) is 20.5 Å². The predicted octanol–water partition coefficient (Wildman–Crippen LogP) is 4.69. The van der Waals surface area contributed by atoms with Gasteiger partial charge in [-0.1, -0.05) is 18.5 Å². The number of piperidine rings is 1. The summed E-state index contributed by atoms with van der Waals surface area (Å²) in [6.07, 6.45) is 4.44. The Hall–Kier alpha value is -3.53. The molecule has 2 atom stereocenters. The van der Waals surface area contributed by atoms with Crippen molar-refractivity contribution in [1.82, 2.24) is 24.9 Å². The van der Waals surface area contributed by atoms with Crippen molar-refractivity contribution < 1.29 is 18.0 Å². The van der Waals surface area contributed by atoms with E-state index in [0.717, 1.165) is 23.7 Å². The second kappa shape index (κ2) is 9.02. The van der Waals surface area contributed by atoms with Crippen LogP contribution in [0.1, 0.15) is 30.1 Å². The van der Waals surface area contributed by atoms with Gasteiger partial charge in [-0.2, -0.15) is 20.0 Å². The van der Waals surface area contributed by atoms with Crippen LogP contribution in [0.2, 0.25) is 5.02 Å². The first kappa shape index (κ1) is 22.3. The van der Waals surface area contributed by atoms with Gasteiger partial charge in [0, 0.05) is 18.1 Å². The Morgan fingerprint density at radius 2 is 2.03 bits per heavy atom. The normalized spacial score (nSPS) is 18.4. The van der Waals surface area contributed by atoms with Crippen LogP contribution in [0.15, 0.2) is 47.1 Å². The number of likely N-dealkylation sites (tertiary alicyclic amines) is 1. The SMILES string of the molecule is CC1CCCN(C(=O)c2c(-n3nccn3)ccc(F)c2F)C1CNc1nc2cc(Cl)ccc2o1. The number of benzene rings is 2. The smallest absolute Gasteiger partial charge is 0.295 e. The van der Waals surface area contributed by atoms with Gasteiger partial charge in [-0.05, 0) is 49.1 Å². The highest BCUT2D eigenvalue weighted by atomic mass is 35.5. The highest BCUT2D eigenvalue weighted by Crippen LogP contribution is 2.29. The summed E-state index contributed by atoms with van der Waals surface area (Å²) >= 11 is 6.02. The zero-order chi connectivity index (χ0) is 23.8. The van der Waals surface area contributed by atoms with Crippen molar-refractivity contribution in [2.45, 2.75) is 25.8 Å². The highest BCUT2D eigenvalue weighted by Gasteiger charge is 2.35. The van der Waals surface area contributed by atoms with Crippen molar-refractivity contribution in [3.05, 3.63) is 64.9 Å². The van der Waals surface area contributed by atoms with Crippen LogP contribution in [0.4, 0.5) is 14.8 Å². The molecule has 4 aromatic rings. The standard InChI is InChI=1S/C23H21ClF2N6O2/c1-13-3-2-10-31(18(13)12-27-23-30-16-11-14(24)4-7-19(16)34-23)22(33)20-17(32-28-8-9-29-32)6-5-15(25)21(20)26/h4-9,11,13,18H,2-3,10,12H2,1H3,(H,27,30). The molecule has 0 radical (unpaired) electrons. The van der Waals surface area contributed by atoms with E-state index in [1.807, 2.05) is 6.92 Å². The first-order valence-corrected chi connectivity index (χ1v) is 11.3. The third-order valence-electron chi connectivity index (χ3n) is 6.11. The van der Waals surface area contributed by atoms with Crippen molar-refractivity contribution in [1.29, 1.82) is 0 Å². The molecule has 176 valence electrons. The van der Waals surface area contributed by atoms with Crippen molar-refractivity contribution in [3.63, 3.8) is 0 Å². The van der Waals surface area contributed by atoms with E-state index in [9.17, 15) is 13.6 Å². The van der Waals surface area contributed by atoms with E-state index in [-0.39, 0.29) is 17.6 Å². The van der Waals surface area contributed by atoms with Crippen LogP contribution in [0.5, 0.6) is 0 Å². The van der Waals surface area contributed by atoms with Gasteiger partial charge in [-0.15, -0.1) is 0 Å². The Labute approximate surface area is 198 Å². The summed E-state index contributed by atoms with van der Waals surface area (Å²) in [6, 6.07) is 7.39. The maximum Gasteiger partial charge on any atom is 0.295 e. The quantitative estimate of drug-likeness (QED) is 0.440. The zero-order valence-electron chi connectivity index (χ0n) is 18.2. The van der Waals surface area contributed by atoms with E-state index >= 15 is 0 Å². The number of hydrogen-bond acceptors (Lipinski definition) is 6. The van der Waals surface area contributed by atoms with E-state index in [1.54, 1.807) is 23.1 Å². The predicted molar refractivity (Wildman–Crippen MR) is 122 cm³/mol. The Morgan fingerprint density at radius 1 is 1.24 bits per heavy atom. The fourth-order valence-corrected chi connectivity index (χ4v) is 4.54. The third kappa shape index (κ3) is 4.09. The Kier molecular flexibility index (Phi) is 5.91. The van der Waals surface area contributed by atoms with E-state index in [4.69, 9.17) is 16.0 Å². The van der Waals surface area contributed by atoms with Gasteiger partial charge in [0.05, 0.1) is 18.4 Å². The Morgan fingerprint density at radius 3 is 2.82 bits per heavy atom. The number of nitrogens with zero attached hydrogens (tertiary/aromatic N) is 5. The maximum absolute atomic E-state index is 14.9. The van der Waals surface area contributed by atoms with Crippen LogP contribution in [0, 0.1) is 17.6 Å². The van der Waals surface area contributed by atoms with Gasteiger partial charge in [-0.3, -0.25) is 4.79 Å². The molecule has 8 nitrogen and oxygen atoms in total. The molecule has 1 amide bonds. The maximum atomic E-state index is 14.9. The molecule has 0 aliphatic carbocycles. The molecular formula is C23H21ClF2N6O2. The molecule has 0 spiro atoms. The number of aromatic nitrogens is 4. The summed E-state index contributed by atoms with van der Waals surface area (Å²) in [5.41, 5.74) is 0.869. The van der Waals surface area contributed by atoms with Gasteiger partial charge in [-0.25, -0.2) is 8.78 Å². The topological polar surface area (TPSA) is 89.1 Å². The molecular weight excluding hydrogens is 466 g/mol. The lowest BCUT2D eigenvalue weighted by Crippen LogP contribution is -2.51. The second-order valence-corrected chi connectivity index (χ2v) is 8.71. The van der Waals surface area contributed by atoms with Crippen molar-refractivity contribution in [2.24, 2.45) is 5.92 Å². The number of carbonyl (C=O) groups excluding carboxylic acids is 1. The molecule has 2 unspecified atom stereocenters. The lowest BCUT2D eigenvalue weighted by Gasteiger charge is -2.40. The molecule has 11 heteroatoms. The number of hydrogen-bond donors (Lipinski definition) is 1. The van der Waals surface area contributed by atoms with Crippen molar-refractivity contribution in [3.8, 4) is 5.69 Å². The average Bonchev–Trinajstić information content (AvgIpc) is 3.49. The van der Waals surface area contributed by atoms with Crippen molar-refractivity contribution in [2.75, 3.05) is 18.4 Å². The van der Waals surface area contributed by atoms with Crippen LogP contribution < -0.4 is 5.32 Å². The molecule has 1 saturated heterocycles. The number of oxazole rings is 1. The summed E-state index contributed by atoms with van der Waals surface area (Å²) in [6.45, 7) is 2.75. The Balaban J connectivity index is 1.44. The Bertz CT molecular complexity index is 1340.